The van der Waals surface area contributed by atoms with Gasteiger partial charge in [0.25, 0.3) is 0 Å². The molecule has 2 aromatic carbocycles. The van der Waals surface area contributed by atoms with Gasteiger partial charge >= 0.3 is 0 Å². The monoisotopic (exact) mass is 365 g/mol. The molecule has 0 unspecified atom stereocenters. The van der Waals surface area contributed by atoms with Gasteiger partial charge in [-0.1, -0.05) is 48.8 Å². The number of thiazole rings is 1. The third-order valence-electron chi connectivity index (χ3n) is 3.93. The van der Waals surface area contributed by atoms with Crippen molar-refractivity contribution >= 4 is 45.1 Å². The SMILES string of the molecule is C=Cc1c(O)cc(/C=N/N(CC)c2nc3ccccc3s2)c(O)c1C=C. The average molecular weight is 365 g/mol. The predicted molar refractivity (Wildman–Crippen MR) is 110 cm³/mol. The minimum atomic E-state index is -0.00296. The van der Waals surface area contributed by atoms with Gasteiger partial charge in [0.2, 0.25) is 5.13 Å². The molecule has 0 atom stereocenters. The summed E-state index contributed by atoms with van der Waals surface area (Å²) in [5.41, 5.74) is 2.17. The smallest absolute Gasteiger partial charge is 0.207 e. The third-order valence-corrected chi connectivity index (χ3v) is 4.98. The zero-order valence-corrected chi connectivity index (χ0v) is 15.2. The number of aromatic nitrogens is 1. The number of fused-ring (bicyclic) bond motifs is 1. The number of rotatable bonds is 6. The highest BCUT2D eigenvalue weighted by atomic mass is 32.1. The molecule has 3 aromatic rings. The van der Waals surface area contributed by atoms with Crippen molar-refractivity contribution < 1.29 is 10.2 Å². The molecular formula is C20H19N3O2S. The number of hydrogen-bond acceptors (Lipinski definition) is 6. The molecule has 1 heterocycles. The van der Waals surface area contributed by atoms with E-state index in [-0.39, 0.29) is 11.5 Å². The van der Waals surface area contributed by atoms with Gasteiger partial charge in [0.05, 0.1) is 16.4 Å². The molecule has 0 fully saturated rings. The summed E-state index contributed by atoms with van der Waals surface area (Å²) in [6.07, 6.45) is 4.46. The molecule has 0 radical (unpaired) electrons. The van der Waals surface area contributed by atoms with Crippen molar-refractivity contribution in [3.05, 3.63) is 60.2 Å². The second-order valence-corrected chi connectivity index (χ2v) is 6.50. The van der Waals surface area contributed by atoms with Crippen LogP contribution in [0.2, 0.25) is 0 Å². The van der Waals surface area contributed by atoms with Gasteiger partial charge in [0.15, 0.2) is 0 Å². The zero-order valence-electron chi connectivity index (χ0n) is 14.4. The van der Waals surface area contributed by atoms with Crippen LogP contribution in [0, 0.1) is 0 Å². The maximum absolute atomic E-state index is 10.4. The quantitative estimate of drug-likeness (QED) is 0.372. The number of para-hydroxylation sites is 1. The number of anilines is 1. The number of phenols is 2. The fraction of sp³-hybridized carbons (Fsp3) is 0.100. The molecule has 0 amide bonds. The lowest BCUT2D eigenvalue weighted by molar-refractivity contribution is 0.457. The van der Waals surface area contributed by atoms with E-state index < -0.39 is 0 Å². The predicted octanol–water partition coefficient (Wildman–Crippen LogP) is 4.85. The standard InChI is InChI=1S/C20H19N3O2S/c1-4-14-15(5-2)19(25)13(11-17(14)24)12-21-23(6-3)20-22-16-9-7-8-10-18(16)26-20/h4-5,7-12,24-25H,1-2,6H2,3H3/b21-12+. The number of hydrazone groups is 1. The van der Waals surface area contributed by atoms with Gasteiger partial charge in [-0.25, -0.2) is 9.99 Å². The molecule has 0 aliphatic rings. The summed E-state index contributed by atoms with van der Waals surface area (Å²) in [6.45, 7) is 9.92. The van der Waals surface area contributed by atoms with E-state index in [0.29, 0.717) is 23.2 Å². The first-order valence-electron chi connectivity index (χ1n) is 8.10. The molecule has 2 N–H and O–H groups in total. The molecule has 0 bridgehead atoms. The van der Waals surface area contributed by atoms with Gasteiger partial charge < -0.3 is 10.2 Å². The number of hydrogen-bond donors (Lipinski definition) is 2. The molecule has 5 nitrogen and oxygen atoms in total. The van der Waals surface area contributed by atoms with Crippen molar-refractivity contribution in [3.63, 3.8) is 0 Å². The fourth-order valence-electron chi connectivity index (χ4n) is 2.60. The third kappa shape index (κ3) is 3.19. The Kier molecular flexibility index (Phi) is 5.04. The highest BCUT2D eigenvalue weighted by Crippen LogP contribution is 2.34. The molecule has 6 heteroatoms. The van der Waals surface area contributed by atoms with Crippen LogP contribution < -0.4 is 5.01 Å². The largest absolute Gasteiger partial charge is 0.507 e. The number of aromatic hydroxyl groups is 2. The van der Waals surface area contributed by atoms with E-state index in [9.17, 15) is 10.2 Å². The van der Waals surface area contributed by atoms with Crippen molar-refractivity contribution in [2.75, 3.05) is 11.6 Å². The summed E-state index contributed by atoms with van der Waals surface area (Å²) in [5.74, 6) is 0.00832. The fourth-order valence-corrected chi connectivity index (χ4v) is 3.59. The Labute approximate surface area is 155 Å². The molecular weight excluding hydrogens is 346 g/mol. The Balaban J connectivity index is 1.98. The topological polar surface area (TPSA) is 69.0 Å². The molecule has 26 heavy (non-hydrogen) atoms. The van der Waals surface area contributed by atoms with E-state index in [1.807, 2.05) is 31.2 Å². The van der Waals surface area contributed by atoms with E-state index in [4.69, 9.17) is 0 Å². The first-order valence-corrected chi connectivity index (χ1v) is 8.91. The highest BCUT2D eigenvalue weighted by molar-refractivity contribution is 7.22. The molecule has 1 aromatic heterocycles. The first kappa shape index (κ1) is 17.7. The van der Waals surface area contributed by atoms with E-state index in [0.717, 1.165) is 15.3 Å². The normalized spacial score (nSPS) is 11.1. The zero-order chi connectivity index (χ0) is 18.7. The van der Waals surface area contributed by atoms with Crippen molar-refractivity contribution in [1.82, 2.24) is 4.98 Å². The van der Waals surface area contributed by atoms with Crippen LogP contribution in [0.1, 0.15) is 23.6 Å². The minimum Gasteiger partial charge on any atom is -0.507 e. The van der Waals surface area contributed by atoms with Crippen molar-refractivity contribution in [2.24, 2.45) is 5.10 Å². The Morgan fingerprint density at radius 2 is 1.92 bits per heavy atom. The van der Waals surface area contributed by atoms with Crippen molar-refractivity contribution in [1.29, 1.82) is 0 Å². The van der Waals surface area contributed by atoms with Gasteiger partial charge in [-0.05, 0) is 25.1 Å². The minimum absolute atomic E-state index is 0.00296. The second-order valence-electron chi connectivity index (χ2n) is 5.49. The molecule has 0 saturated carbocycles. The molecule has 132 valence electrons. The lowest BCUT2D eigenvalue weighted by Gasteiger charge is -2.14. The van der Waals surface area contributed by atoms with Crippen molar-refractivity contribution in [2.45, 2.75) is 6.92 Å². The Morgan fingerprint density at radius 3 is 2.58 bits per heavy atom. The van der Waals surface area contributed by atoms with Gasteiger partial charge in [-0.2, -0.15) is 5.10 Å². The maximum Gasteiger partial charge on any atom is 0.207 e. The van der Waals surface area contributed by atoms with Crippen LogP contribution in [0.15, 0.2) is 48.6 Å². The van der Waals surface area contributed by atoms with Crippen LogP contribution in [0.5, 0.6) is 11.5 Å². The van der Waals surface area contributed by atoms with Crippen LogP contribution in [0.3, 0.4) is 0 Å². The Hall–Kier alpha value is -3.12. The van der Waals surface area contributed by atoms with Crippen LogP contribution in [-0.4, -0.2) is 28.0 Å². The number of phenolic OH excluding ortho intramolecular Hbond substituents is 2. The molecule has 0 saturated heterocycles. The van der Waals surface area contributed by atoms with Crippen LogP contribution in [0.4, 0.5) is 5.13 Å². The maximum atomic E-state index is 10.4. The second kappa shape index (κ2) is 7.41. The van der Waals surface area contributed by atoms with E-state index >= 15 is 0 Å². The van der Waals surface area contributed by atoms with Crippen LogP contribution in [0.25, 0.3) is 22.4 Å². The summed E-state index contributed by atoms with van der Waals surface area (Å²) in [4.78, 5) is 4.59. The van der Waals surface area contributed by atoms with Gasteiger partial charge in [-0.15, -0.1) is 0 Å². The van der Waals surface area contributed by atoms with Gasteiger partial charge in [0, 0.05) is 23.2 Å². The summed E-state index contributed by atoms with van der Waals surface area (Å²) < 4.78 is 1.08. The van der Waals surface area contributed by atoms with Crippen molar-refractivity contribution in [3.8, 4) is 11.5 Å². The molecule has 0 aliphatic carbocycles. The van der Waals surface area contributed by atoms with E-state index in [1.54, 1.807) is 16.3 Å². The molecule has 0 spiro atoms. The lowest BCUT2D eigenvalue weighted by atomic mass is 10.0. The average Bonchev–Trinajstić information content (AvgIpc) is 3.08. The Morgan fingerprint density at radius 1 is 1.19 bits per heavy atom. The summed E-state index contributed by atoms with van der Waals surface area (Å²) in [7, 11) is 0. The van der Waals surface area contributed by atoms with Crippen LogP contribution in [-0.2, 0) is 0 Å². The first-order chi connectivity index (χ1) is 12.6. The Bertz CT molecular complexity index is 975. The molecule has 0 aliphatic heterocycles. The lowest BCUT2D eigenvalue weighted by Crippen LogP contribution is -2.15. The molecule has 3 rings (SSSR count). The van der Waals surface area contributed by atoms with Crippen LogP contribution >= 0.6 is 11.3 Å². The highest BCUT2D eigenvalue weighted by Gasteiger charge is 2.14. The van der Waals surface area contributed by atoms with E-state index in [1.165, 1.54) is 24.4 Å². The van der Waals surface area contributed by atoms with Gasteiger partial charge in [-0.3, -0.25) is 0 Å². The number of benzene rings is 2. The van der Waals surface area contributed by atoms with Gasteiger partial charge in [0.1, 0.15) is 11.5 Å². The van der Waals surface area contributed by atoms with E-state index in [2.05, 4.69) is 23.2 Å². The summed E-state index contributed by atoms with van der Waals surface area (Å²) in [6, 6.07) is 9.35. The summed E-state index contributed by atoms with van der Waals surface area (Å²) in [5, 5.41) is 27.5. The summed E-state index contributed by atoms with van der Waals surface area (Å²) >= 11 is 1.55. The number of nitrogens with zero attached hydrogens (tertiary/aromatic N) is 3.